The quantitative estimate of drug-likeness (QED) is 0.616. The second kappa shape index (κ2) is 4.56. The molecule has 17 heavy (non-hydrogen) atoms. The van der Waals surface area contributed by atoms with Gasteiger partial charge in [0.2, 0.25) is 6.33 Å². The molecule has 0 amide bonds. The Balaban J connectivity index is 2.16. The molecule has 88 valence electrons. The van der Waals surface area contributed by atoms with Crippen LogP contribution in [0.25, 0.3) is 0 Å². The number of nitro groups is 1. The SMILES string of the molecule is CNc1ccnc(Cn2cnc([N+](=O)[O-])n2)c1. The van der Waals surface area contributed by atoms with Gasteiger partial charge in [0, 0.05) is 24.0 Å². The van der Waals surface area contributed by atoms with Crippen LogP contribution in [0.5, 0.6) is 0 Å². The maximum Gasteiger partial charge on any atom is 0.490 e. The molecule has 1 N–H and O–H groups in total. The number of nitrogens with zero attached hydrogens (tertiary/aromatic N) is 5. The number of pyridine rings is 1. The van der Waals surface area contributed by atoms with Crippen LogP contribution in [0.2, 0.25) is 0 Å². The Morgan fingerprint density at radius 1 is 1.53 bits per heavy atom. The summed E-state index contributed by atoms with van der Waals surface area (Å²) in [5, 5.41) is 17.1. The zero-order valence-electron chi connectivity index (χ0n) is 9.07. The molecule has 0 radical (unpaired) electrons. The summed E-state index contributed by atoms with van der Waals surface area (Å²) in [6.45, 7) is 0.344. The third-order valence-corrected chi connectivity index (χ3v) is 2.12. The molecule has 0 bridgehead atoms. The lowest BCUT2D eigenvalue weighted by atomic mass is 10.3. The molecule has 2 aromatic heterocycles. The standard InChI is InChI=1S/C9H10N6O2/c1-10-7-2-3-11-8(4-7)5-14-6-12-9(13-14)15(16)17/h2-4,6H,5H2,1H3,(H,10,11). The lowest BCUT2D eigenvalue weighted by Crippen LogP contribution is -2.03. The smallest absolute Gasteiger partial charge is 0.390 e. The van der Waals surface area contributed by atoms with E-state index in [1.807, 2.05) is 12.1 Å². The van der Waals surface area contributed by atoms with Gasteiger partial charge in [-0.15, -0.1) is 0 Å². The highest BCUT2D eigenvalue weighted by molar-refractivity contribution is 5.42. The monoisotopic (exact) mass is 234 g/mol. The van der Waals surface area contributed by atoms with Crippen molar-refractivity contribution in [2.24, 2.45) is 0 Å². The Kier molecular flexibility index (Phi) is 2.95. The molecular weight excluding hydrogens is 224 g/mol. The van der Waals surface area contributed by atoms with Gasteiger partial charge in [0.05, 0.1) is 5.69 Å². The third-order valence-electron chi connectivity index (χ3n) is 2.12. The van der Waals surface area contributed by atoms with Crippen LogP contribution in [-0.4, -0.2) is 31.7 Å². The molecule has 8 heteroatoms. The van der Waals surface area contributed by atoms with Gasteiger partial charge in [-0.05, 0) is 17.1 Å². The molecule has 0 aliphatic heterocycles. The molecule has 0 aliphatic carbocycles. The van der Waals surface area contributed by atoms with Gasteiger partial charge in [-0.25, -0.2) is 0 Å². The molecular formula is C9H10N6O2. The first-order chi connectivity index (χ1) is 8.19. The van der Waals surface area contributed by atoms with E-state index in [0.717, 1.165) is 11.4 Å². The van der Waals surface area contributed by atoms with Crippen LogP contribution in [0, 0.1) is 10.1 Å². The molecule has 2 heterocycles. The van der Waals surface area contributed by atoms with Crippen molar-refractivity contribution in [1.82, 2.24) is 19.7 Å². The fraction of sp³-hybridized carbons (Fsp3) is 0.222. The second-order valence-corrected chi connectivity index (χ2v) is 3.29. The molecule has 8 nitrogen and oxygen atoms in total. The summed E-state index contributed by atoms with van der Waals surface area (Å²) in [5.74, 6) is -0.408. The van der Waals surface area contributed by atoms with Crippen molar-refractivity contribution in [1.29, 1.82) is 0 Å². The Bertz CT molecular complexity index is 538. The summed E-state index contributed by atoms with van der Waals surface area (Å²) in [5.41, 5.74) is 1.67. The minimum absolute atomic E-state index is 0.344. The molecule has 0 aliphatic rings. The van der Waals surface area contributed by atoms with Gasteiger partial charge < -0.3 is 15.4 Å². The number of hydrogen-bond acceptors (Lipinski definition) is 6. The van der Waals surface area contributed by atoms with Crippen LogP contribution in [0.4, 0.5) is 11.6 Å². The van der Waals surface area contributed by atoms with E-state index in [-0.39, 0.29) is 0 Å². The molecule has 0 unspecified atom stereocenters. The van der Waals surface area contributed by atoms with Gasteiger partial charge >= 0.3 is 5.95 Å². The van der Waals surface area contributed by atoms with Crippen molar-refractivity contribution >= 4 is 11.6 Å². The molecule has 2 rings (SSSR count). The van der Waals surface area contributed by atoms with Gasteiger partial charge in [-0.1, -0.05) is 4.98 Å². The van der Waals surface area contributed by atoms with E-state index in [0.29, 0.717) is 6.54 Å². The molecule has 0 saturated carbocycles. The van der Waals surface area contributed by atoms with Crippen molar-refractivity contribution in [3.8, 4) is 0 Å². The Hall–Kier alpha value is -2.51. The summed E-state index contributed by atoms with van der Waals surface area (Å²) in [4.78, 5) is 17.5. The van der Waals surface area contributed by atoms with Crippen LogP contribution in [0.15, 0.2) is 24.7 Å². The fourth-order valence-corrected chi connectivity index (χ4v) is 1.33. The van der Waals surface area contributed by atoms with Gasteiger partial charge in [-0.3, -0.25) is 4.98 Å². The highest BCUT2D eigenvalue weighted by atomic mass is 16.6. The van der Waals surface area contributed by atoms with Crippen molar-refractivity contribution in [2.45, 2.75) is 6.54 Å². The average molecular weight is 234 g/mol. The molecule has 0 fully saturated rings. The summed E-state index contributed by atoms with van der Waals surface area (Å²) in [7, 11) is 1.80. The van der Waals surface area contributed by atoms with Crippen LogP contribution < -0.4 is 5.32 Å². The van der Waals surface area contributed by atoms with E-state index < -0.39 is 10.9 Å². The van der Waals surface area contributed by atoms with E-state index in [1.54, 1.807) is 13.2 Å². The van der Waals surface area contributed by atoms with Crippen LogP contribution in [0.1, 0.15) is 5.69 Å². The van der Waals surface area contributed by atoms with E-state index >= 15 is 0 Å². The zero-order chi connectivity index (χ0) is 12.3. The first-order valence-corrected chi connectivity index (χ1v) is 4.85. The molecule has 2 aromatic rings. The second-order valence-electron chi connectivity index (χ2n) is 3.29. The van der Waals surface area contributed by atoms with Gasteiger partial charge in [0.1, 0.15) is 6.54 Å². The van der Waals surface area contributed by atoms with Gasteiger partial charge in [-0.2, -0.15) is 4.68 Å². The van der Waals surface area contributed by atoms with Crippen molar-refractivity contribution in [2.75, 3.05) is 12.4 Å². The van der Waals surface area contributed by atoms with Crippen LogP contribution in [-0.2, 0) is 6.54 Å². The maximum absolute atomic E-state index is 10.4. The van der Waals surface area contributed by atoms with E-state index in [9.17, 15) is 10.1 Å². The van der Waals surface area contributed by atoms with Crippen LogP contribution >= 0.6 is 0 Å². The summed E-state index contributed by atoms with van der Waals surface area (Å²) in [6.07, 6.45) is 2.97. The van der Waals surface area contributed by atoms with E-state index in [1.165, 1.54) is 11.0 Å². The Morgan fingerprint density at radius 2 is 2.35 bits per heavy atom. The fourth-order valence-electron chi connectivity index (χ4n) is 1.33. The van der Waals surface area contributed by atoms with Crippen molar-refractivity contribution in [3.63, 3.8) is 0 Å². The normalized spacial score (nSPS) is 10.2. The number of aromatic nitrogens is 4. The lowest BCUT2D eigenvalue weighted by molar-refractivity contribution is -0.394. The first kappa shape index (κ1) is 11.0. The number of hydrogen-bond donors (Lipinski definition) is 1. The minimum atomic E-state index is -0.631. The number of anilines is 1. The Labute approximate surface area is 96.5 Å². The van der Waals surface area contributed by atoms with Gasteiger partial charge in [0.25, 0.3) is 0 Å². The molecule has 0 saturated heterocycles. The topological polar surface area (TPSA) is 98.8 Å². The predicted molar refractivity (Wildman–Crippen MR) is 59.6 cm³/mol. The summed E-state index contributed by atoms with van der Waals surface area (Å²) < 4.78 is 1.37. The highest BCUT2D eigenvalue weighted by Crippen LogP contribution is 2.08. The van der Waals surface area contributed by atoms with E-state index in [2.05, 4.69) is 20.4 Å². The van der Waals surface area contributed by atoms with E-state index in [4.69, 9.17) is 0 Å². The Morgan fingerprint density at radius 3 is 3.00 bits per heavy atom. The summed E-state index contributed by atoms with van der Waals surface area (Å²) >= 11 is 0. The minimum Gasteiger partial charge on any atom is -0.390 e. The average Bonchev–Trinajstić information content (AvgIpc) is 2.78. The largest absolute Gasteiger partial charge is 0.490 e. The molecule has 0 aromatic carbocycles. The van der Waals surface area contributed by atoms with Crippen LogP contribution in [0.3, 0.4) is 0 Å². The zero-order valence-corrected chi connectivity index (χ0v) is 9.07. The first-order valence-electron chi connectivity index (χ1n) is 4.85. The molecule has 0 spiro atoms. The number of rotatable bonds is 4. The van der Waals surface area contributed by atoms with Gasteiger partial charge in [0.15, 0.2) is 0 Å². The summed E-state index contributed by atoms with van der Waals surface area (Å²) in [6, 6.07) is 3.67. The lowest BCUT2D eigenvalue weighted by Gasteiger charge is -2.01. The maximum atomic E-state index is 10.4. The van der Waals surface area contributed by atoms with Crippen molar-refractivity contribution in [3.05, 3.63) is 40.5 Å². The van der Waals surface area contributed by atoms with Crippen molar-refractivity contribution < 1.29 is 4.92 Å². The molecule has 0 atom stereocenters. The highest BCUT2D eigenvalue weighted by Gasteiger charge is 2.13. The predicted octanol–water partition coefficient (Wildman–Crippen LogP) is 0.671. The number of nitrogens with one attached hydrogen (secondary N) is 1. The third kappa shape index (κ3) is 2.54.